The Bertz CT molecular complexity index is 2970. The van der Waals surface area contributed by atoms with Crippen LogP contribution >= 0.6 is 0 Å². The van der Waals surface area contributed by atoms with E-state index < -0.39 is 5.66 Å². The van der Waals surface area contributed by atoms with Crippen LogP contribution in [0.5, 0.6) is 0 Å². The summed E-state index contributed by atoms with van der Waals surface area (Å²) in [6.07, 6.45) is 5.13. The van der Waals surface area contributed by atoms with E-state index in [0.717, 1.165) is 32.1 Å². The SMILES string of the molecule is c1ccc2c(c1)Cc1cc3c4c5c1C2c1ccc2c6c1C51[n+]5c(ccc7c5C6c5c(cccc5C7)C2)-c2ccc5c([n+]21)C4c1c(cccc1C5)C3. The summed E-state index contributed by atoms with van der Waals surface area (Å²) >= 11 is 0. The summed E-state index contributed by atoms with van der Waals surface area (Å²) in [5.74, 6) is 0.809. The van der Waals surface area contributed by atoms with Crippen molar-refractivity contribution in [2.45, 2.75) is 55.5 Å². The highest BCUT2D eigenvalue weighted by atomic mass is 15.4. The highest BCUT2D eigenvalue weighted by Gasteiger charge is 2.76. The Morgan fingerprint density at radius 2 is 0.863 bits per heavy atom. The van der Waals surface area contributed by atoms with Crippen LogP contribution in [0.4, 0.5) is 0 Å². The van der Waals surface area contributed by atoms with Crippen molar-refractivity contribution < 1.29 is 9.13 Å². The maximum absolute atomic E-state index is 2.96. The van der Waals surface area contributed by atoms with E-state index in [0.29, 0.717) is 0 Å². The Kier molecular flexibility index (Phi) is 3.55. The molecule has 234 valence electrons. The molecule has 2 heteroatoms. The van der Waals surface area contributed by atoms with Crippen LogP contribution in [0.15, 0.2) is 103 Å². The van der Waals surface area contributed by atoms with Gasteiger partial charge in [-0.05, 0) is 115 Å². The molecule has 16 rings (SSSR count). The number of nitrogens with zero attached hydrogens (tertiary/aromatic N) is 2. The highest BCUT2D eigenvalue weighted by molar-refractivity contribution is 5.78. The minimum Gasteiger partial charge on any atom is -0.116 e. The normalized spacial score (nSPS) is 24.0. The summed E-state index contributed by atoms with van der Waals surface area (Å²) in [4.78, 5) is 0. The molecule has 2 aromatic heterocycles. The van der Waals surface area contributed by atoms with Crippen LogP contribution in [-0.2, 0) is 37.8 Å². The fraction of sp³-hybridized carbons (Fsp3) is 0.184. The Morgan fingerprint density at radius 1 is 0.373 bits per heavy atom. The fourth-order valence-electron chi connectivity index (χ4n) is 13.9. The molecule has 1 spiro atoms. The Hall–Kier alpha value is -5.60. The van der Waals surface area contributed by atoms with Gasteiger partial charge in [0.2, 0.25) is 11.4 Å². The average Bonchev–Trinajstić information content (AvgIpc) is 3.47. The molecule has 0 fully saturated rings. The maximum atomic E-state index is 2.96. The van der Waals surface area contributed by atoms with Crippen molar-refractivity contribution in [2.24, 2.45) is 0 Å². The second-order valence-corrected chi connectivity index (χ2v) is 17.0. The summed E-state index contributed by atoms with van der Waals surface area (Å²) in [7, 11) is 0. The number of aromatic nitrogens is 2. The molecule has 0 saturated carbocycles. The van der Waals surface area contributed by atoms with E-state index in [4.69, 9.17) is 0 Å². The molecular weight excluding hydrogens is 617 g/mol. The summed E-state index contributed by atoms with van der Waals surface area (Å²) in [5, 5.41) is 0. The van der Waals surface area contributed by atoms with Gasteiger partial charge in [0.05, 0.1) is 11.8 Å². The standard InChI is InChI=1S/C49H30N2/c1-2-10-33-23(5-1)17-31-22-32-21-27-9-4-8-26-20-30-13-16-36-35-15-12-29-19-25-7-3-6-24-18-28-11-14-34-42(33)40(31)46-41(32)44(38(26)27)48(30)51(36)49(46)45(34)39(28)43(37(24)25)47(29)50(35)49/h1-16,22,42-44H,17-21H2/q+2. The minimum absolute atomic E-state index is 0.250. The molecule has 0 radical (unpaired) electrons. The van der Waals surface area contributed by atoms with Crippen molar-refractivity contribution in [1.82, 2.24) is 0 Å². The lowest BCUT2D eigenvalue weighted by atomic mass is 9.54. The van der Waals surface area contributed by atoms with Gasteiger partial charge in [0.1, 0.15) is 11.1 Å². The quantitative estimate of drug-likeness (QED) is 0.151. The third-order valence-electron chi connectivity index (χ3n) is 15.2. The van der Waals surface area contributed by atoms with Crippen LogP contribution in [0.2, 0.25) is 0 Å². The van der Waals surface area contributed by atoms with Gasteiger partial charge >= 0.3 is 5.66 Å². The van der Waals surface area contributed by atoms with Crippen molar-refractivity contribution in [3.8, 4) is 11.4 Å². The van der Waals surface area contributed by atoms with Crippen molar-refractivity contribution >= 4 is 0 Å². The highest BCUT2D eigenvalue weighted by Crippen LogP contribution is 2.65. The van der Waals surface area contributed by atoms with E-state index in [9.17, 15) is 0 Å². The van der Waals surface area contributed by atoms with E-state index in [1.54, 1.807) is 83.7 Å². The zero-order valence-corrected chi connectivity index (χ0v) is 28.0. The molecule has 0 saturated heterocycles. The summed E-state index contributed by atoms with van der Waals surface area (Å²) in [6, 6.07) is 41.7. The predicted molar refractivity (Wildman–Crippen MR) is 193 cm³/mol. The van der Waals surface area contributed by atoms with Gasteiger partial charge in [-0.3, -0.25) is 0 Å². The molecule has 0 N–H and O–H groups in total. The predicted octanol–water partition coefficient (Wildman–Crippen LogP) is 7.54. The monoisotopic (exact) mass is 646 g/mol. The number of hydrogen-bond acceptors (Lipinski definition) is 0. The summed E-state index contributed by atoms with van der Waals surface area (Å²) in [6.45, 7) is 0. The number of pyridine rings is 2. The molecule has 0 bridgehead atoms. The molecule has 9 aliphatic rings. The Balaban J connectivity index is 1.20. The van der Waals surface area contributed by atoms with Crippen LogP contribution < -0.4 is 9.13 Å². The third-order valence-corrected chi connectivity index (χ3v) is 15.2. The number of fused-ring (bicyclic) bond motifs is 4. The minimum atomic E-state index is -0.416. The summed E-state index contributed by atoms with van der Waals surface area (Å²) < 4.78 is 5.92. The zero-order chi connectivity index (χ0) is 32.2. The molecule has 5 aromatic carbocycles. The van der Waals surface area contributed by atoms with Gasteiger partial charge in [0.15, 0.2) is 0 Å². The Labute approximate surface area is 295 Å². The lowest BCUT2D eigenvalue weighted by molar-refractivity contribution is -0.947. The molecule has 4 atom stereocenters. The largest absolute Gasteiger partial charge is 0.418 e. The molecule has 5 heterocycles. The molecule has 6 aliphatic carbocycles. The van der Waals surface area contributed by atoms with E-state index >= 15 is 0 Å². The van der Waals surface area contributed by atoms with Crippen molar-refractivity contribution in [1.29, 1.82) is 0 Å². The van der Waals surface area contributed by atoms with Gasteiger partial charge in [-0.15, -0.1) is 9.13 Å². The third kappa shape index (κ3) is 2.25. The number of rotatable bonds is 0. The van der Waals surface area contributed by atoms with Crippen molar-refractivity contribution in [3.63, 3.8) is 0 Å². The lowest BCUT2D eigenvalue weighted by Crippen LogP contribution is -2.79. The topological polar surface area (TPSA) is 7.76 Å². The first-order chi connectivity index (χ1) is 25.3. The van der Waals surface area contributed by atoms with Gasteiger partial charge in [-0.2, -0.15) is 0 Å². The van der Waals surface area contributed by atoms with Gasteiger partial charge < -0.3 is 0 Å². The maximum Gasteiger partial charge on any atom is 0.418 e. The summed E-state index contributed by atoms with van der Waals surface area (Å²) in [5.41, 5.74) is 35.5. The lowest BCUT2D eigenvalue weighted by Gasteiger charge is -2.50. The van der Waals surface area contributed by atoms with E-state index in [2.05, 4.69) is 112 Å². The molecule has 7 aromatic rings. The molecule has 51 heavy (non-hydrogen) atoms. The molecular formula is C49H30N2+2. The molecule has 2 nitrogen and oxygen atoms in total. The van der Waals surface area contributed by atoms with Gasteiger partial charge in [-0.1, -0.05) is 78.9 Å². The first kappa shape index (κ1) is 24.5. The van der Waals surface area contributed by atoms with Gasteiger partial charge in [-0.25, -0.2) is 0 Å². The number of hydrogen-bond donors (Lipinski definition) is 0. The van der Waals surface area contributed by atoms with Crippen LogP contribution in [-0.4, -0.2) is 0 Å². The van der Waals surface area contributed by atoms with E-state index in [1.165, 1.54) is 44.8 Å². The number of benzene rings is 5. The molecule has 4 unspecified atom stereocenters. The van der Waals surface area contributed by atoms with Gasteiger partial charge in [0.25, 0.3) is 11.4 Å². The Morgan fingerprint density at radius 3 is 1.53 bits per heavy atom. The second-order valence-electron chi connectivity index (χ2n) is 17.0. The first-order valence-corrected chi connectivity index (χ1v) is 19.1. The fourth-order valence-corrected chi connectivity index (χ4v) is 13.9. The average molecular weight is 647 g/mol. The van der Waals surface area contributed by atoms with Crippen LogP contribution in [0, 0.1) is 0 Å². The van der Waals surface area contributed by atoms with Crippen molar-refractivity contribution in [2.75, 3.05) is 0 Å². The van der Waals surface area contributed by atoms with Crippen molar-refractivity contribution in [3.05, 3.63) is 220 Å². The first-order valence-electron chi connectivity index (χ1n) is 19.1. The van der Waals surface area contributed by atoms with E-state index in [1.807, 2.05) is 0 Å². The molecule has 0 amide bonds. The molecule has 3 aliphatic heterocycles. The van der Waals surface area contributed by atoms with Gasteiger partial charge in [0, 0.05) is 42.0 Å². The smallest absolute Gasteiger partial charge is 0.116 e. The van der Waals surface area contributed by atoms with Crippen LogP contribution in [0.1, 0.15) is 135 Å². The van der Waals surface area contributed by atoms with Crippen LogP contribution in [0.3, 0.4) is 0 Å². The van der Waals surface area contributed by atoms with Crippen LogP contribution in [0.25, 0.3) is 11.4 Å². The zero-order valence-electron chi connectivity index (χ0n) is 28.0. The second kappa shape index (κ2) is 7.39. The van der Waals surface area contributed by atoms with E-state index in [-0.39, 0.29) is 17.8 Å².